The van der Waals surface area contributed by atoms with Crippen molar-refractivity contribution in [2.45, 2.75) is 6.92 Å². The normalized spacial score (nSPS) is 9.95. The molecule has 0 radical (unpaired) electrons. The first-order chi connectivity index (χ1) is 9.06. The Morgan fingerprint density at radius 3 is 2.47 bits per heavy atom. The fourth-order valence-electron chi connectivity index (χ4n) is 1.52. The maximum Gasteiger partial charge on any atom is 0.343 e. The number of aryl methyl sites for hydroxylation is 1. The lowest BCUT2D eigenvalue weighted by Gasteiger charge is -2.04. The van der Waals surface area contributed by atoms with Crippen LogP contribution >= 0.6 is 0 Å². The molecule has 0 amide bonds. The smallest absolute Gasteiger partial charge is 0.343 e. The first kappa shape index (κ1) is 12.8. The molecule has 2 aromatic rings. The highest BCUT2D eigenvalue weighted by atomic mass is 16.6. The van der Waals surface area contributed by atoms with E-state index in [9.17, 15) is 14.9 Å². The molecule has 0 aromatic heterocycles. The van der Waals surface area contributed by atoms with Crippen LogP contribution in [0.1, 0.15) is 15.9 Å². The number of esters is 1. The maximum absolute atomic E-state index is 11.8. The van der Waals surface area contributed by atoms with Crippen molar-refractivity contribution in [2.75, 3.05) is 0 Å². The zero-order valence-electron chi connectivity index (χ0n) is 10.2. The highest BCUT2D eigenvalue weighted by Crippen LogP contribution is 2.20. The average Bonchev–Trinajstić information content (AvgIpc) is 2.39. The Morgan fingerprint density at radius 1 is 1.16 bits per heavy atom. The molecule has 0 heterocycles. The average molecular weight is 257 g/mol. The molecule has 0 saturated heterocycles. The number of hydrogen-bond donors (Lipinski definition) is 0. The molecule has 96 valence electrons. The zero-order chi connectivity index (χ0) is 13.8. The second-order valence-corrected chi connectivity index (χ2v) is 4.01. The van der Waals surface area contributed by atoms with Crippen LogP contribution in [0.5, 0.6) is 5.75 Å². The first-order valence-electron chi connectivity index (χ1n) is 5.59. The quantitative estimate of drug-likeness (QED) is 0.366. The minimum absolute atomic E-state index is 0.116. The van der Waals surface area contributed by atoms with E-state index in [-0.39, 0.29) is 11.4 Å². The maximum atomic E-state index is 11.8. The van der Waals surface area contributed by atoms with Gasteiger partial charge in [0.25, 0.3) is 5.69 Å². The Morgan fingerprint density at radius 2 is 1.84 bits per heavy atom. The van der Waals surface area contributed by atoms with Gasteiger partial charge in [0.15, 0.2) is 0 Å². The van der Waals surface area contributed by atoms with Crippen molar-refractivity contribution in [3.05, 3.63) is 69.8 Å². The van der Waals surface area contributed by atoms with Crippen molar-refractivity contribution in [3.63, 3.8) is 0 Å². The highest BCUT2D eigenvalue weighted by Gasteiger charge is 2.11. The molecule has 0 aliphatic rings. The Balaban J connectivity index is 2.17. The van der Waals surface area contributed by atoms with Gasteiger partial charge in [-0.3, -0.25) is 10.1 Å². The first-order valence-corrected chi connectivity index (χ1v) is 5.59. The number of carbonyl (C=O) groups excluding carboxylic acids is 1. The van der Waals surface area contributed by atoms with Crippen LogP contribution in [0, 0.1) is 17.0 Å². The number of rotatable bonds is 3. The van der Waals surface area contributed by atoms with Gasteiger partial charge in [-0.25, -0.2) is 4.79 Å². The van der Waals surface area contributed by atoms with Gasteiger partial charge in [0, 0.05) is 6.07 Å². The number of nitro benzene ring substituents is 1. The summed E-state index contributed by atoms with van der Waals surface area (Å²) < 4.78 is 5.09. The molecule has 0 aliphatic carbocycles. The molecule has 5 nitrogen and oxygen atoms in total. The van der Waals surface area contributed by atoms with Crippen LogP contribution in [-0.2, 0) is 0 Å². The van der Waals surface area contributed by atoms with Crippen molar-refractivity contribution in [1.82, 2.24) is 0 Å². The lowest BCUT2D eigenvalue weighted by molar-refractivity contribution is -0.384. The molecule has 2 rings (SSSR count). The fraction of sp³-hybridized carbons (Fsp3) is 0.0714. The van der Waals surface area contributed by atoms with Crippen molar-refractivity contribution in [3.8, 4) is 5.75 Å². The van der Waals surface area contributed by atoms with Gasteiger partial charge in [0.2, 0.25) is 0 Å². The lowest BCUT2D eigenvalue weighted by atomic mass is 10.1. The van der Waals surface area contributed by atoms with Crippen LogP contribution in [-0.4, -0.2) is 10.9 Å². The van der Waals surface area contributed by atoms with E-state index < -0.39 is 10.9 Å². The Labute approximate surface area is 109 Å². The van der Waals surface area contributed by atoms with E-state index in [0.29, 0.717) is 5.56 Å². The summed E-state index contributed by atoms with van der Waals surface area (Å²) in [5.41, 5.74) is 1.32. The zero-order valence-corrected chi connectivity index (χ0v) is 10.2. The van der Waals surface area contributed by atoms with Crippen LogP contribution < -0.4 is 4.74 Å². The molecular formula is C14H11NO4. The number of nitro groups is 1. The molecule has 5 heteroatoms. The van der Waals surface area contributed by atoms with Gasteiger partial charge in [0.1, 0.15) is 5.75 Å². The van der Waals surface area contributed by atoms with Gasteiger partial charge >= 0.3 is 5.97 Å². The number of carbonyl (C=O) groups is 1. The van der Waals surface area contributed by atoms with Crippen LogP contribution in [0.15, 0.2) is 48.5 Å². The number of hydrogen-bond acceptors (Lipinski definition) is 4. The SMILES string of the molecule is Cc1ccc(C(=O)Oc2cccc([N+](=O)[O-])c2)cc1. The van der Waals surface area contributed by atoms with Gasteiger partial charge < -0.3 is 4.74 Å². The molecule has 0 spiro atoms. The topological polar surface area (TPSA) is 69.4 Å². The van der Waals surface area contributed by atoms with Gasteiger partial charge in [-0.2, -0.15) is 0 Å². The summed E-state index contributed by atoms with van der Waals surface area (Å²) in [6, 6.07) is 12.4. The van der Waals surface area contributed by atoms with Crippen LogP contribution in [0.25, 0.3) is 0 Å². The number of benzene rings is 2. The fourth-order valence-corrected chi connectivity index (χ4v) is 1.52. The molecule has 0 N–H and O–H groups in total. The summed E-state index contributed by atoms with van der Waals surface area (Å²) in [5.74, 6) is -0.389. The van der Waals surface area contributed by atoms with Crippen LogP contribution in [0.2, 0.25) is 0 Å². The molecule has 0 bridgehead atoms. The molecule has 19 heavy (non-hydrogen) atoms. The van der Waals surface area contributed by atoms with E-state index in [2.05, 4.69) is 0 Å². The number of ether oxygens (including phenoxy) is 1. The van der Waals surface area contributed by atoms with E-state index in [1.54, 1.807) is 24.3 Å². The predicted molar refractivity (Wildman–Crippen MR) is 69.2 cm³/mol. The molecule has 0 atom stereocenters. The van der Waals surface area contributed by atoms with E-state index >= 15 is 0 Å². The molecule has 0 saturated carbocycles. The third kappa shape index (κ3) is 3.16. The summed E-state index contributed by atoms with van der Waals surface area (Å²) >= 11 is 0. The predicted octanol–water partition coefficient (Wildman–Crippen LogP) is 3.12. The van der Waals surface area contributed by atoms with Crippen LogP contribution in [0.3, 0.4) is 0 Å². The molecule has 0 unspecified atom stereocenters. The van der Waals surface area contributed by atoms with Crippen molar-refractivity contribution < 1.29 is 14.5 Å². The molecule has 2 aromatic carbocycles. The summed E-state index contributed by atoms with van der Waals surface area (Å²) in [5, 5.41) is 10.6. The van der Waals surface area contributed by atoms with Gasteiger partial charge in [0.05, 0.1) is 16.6 Å². The van der Waals surface area contributed by atoms with Crippen LogP contribution in [0.4, 0.5) is 5.69 Å². The second kappa shape index (κ2) is 5.30. The summed E-state index contributed by atoms with van der Waals surface area (Å²) in [7, 11) is 0. The Hall–Kier alpha value is -2.69. The Bertz CT molecular complexity index is 620. The Kier molecular flexibility index (Phi) is 3.56. The van der Waals surface area contributed by atoms with Gasteiger partial charge in [-0.1, -0.05) is 23.8 Å². The monoisotopic (exact) mass is 257 g/mol. The number of nitrogens with zero attached hydrogens (tertiary/aromatic N) is 1. The van der Waals surface area contributed by atoms with E-state index in [0.717, 1.165) is 5.56 Å². The summed E-state index contributed by atoms with van der Waals surface area (Å²) in [4.78, 5) is 21.9. The van der Waals surface area contributed by atoms with Crippen molar-refractivity contribution in [2.24, 2.45) is 0 Å². The third-order valence-corrected chi connectivity index (χ3v) is 2.53. The largest absolute Gasteiger partial charge is 0.423 e. The standard InChI is InChI=1S/C14H11NO4/c1-10-5-7-11(8-6-10)14(16)19-13-4-2-3-12(9-13)15(17)18/h2-9H,1H3. The van der Waals surface area contributed by atoms with Crippen molar-refractivity contribution in [1.29, 1.82) is 0 Å². The number of non-ortho nitro benzene ring substituents is 1. The minimum atomic E-state index is -0.541. The van der Waals surface area contributed by atoms with Crippen molar-refractivity contribution >= 4 is 11.7 Å². The molecule has 0 aliphatic heterocycles. The lowest BCUT2D eigenvalue weighted by Crippen LogP contribution is -2.08. The summed E-state index contributed by atoms with van der Waals surface area (Å²) in [6.07, 6.45) is 0. The van der Waals surface area contributed by atoms with Gasteiger partial charge in [-0.15, -0.1) is 0 Å². The molecular weight excluding hydrogens is 246 g/mol. The minimum Gasteiger partial charge on any atom is -0.423 e. The van der Waals surface area contributed by atoms with E-state index in [1.807, 2.05) is 6.92 Å². The van der Waals surface area contributed by atoms with E-state index in [4.69, 9.17) is 4.74 Å². The third-order valence-electron chi connectivity index (χ3n) is 2.53. The van der Waals surface area contributed by atoms with E-state index in [1.165, 1.54) is 24.3 Å². The van der Waals surface area contributed by atoms with Gasteiger partial charge in [-0.05, 0) is 25.1 Å². The molecule has 0 fully saturated rings. The highest BCUT2D eigenvalue weighted by molar-refractivity contribution is 5.91. The second-order valence-electron chi connectivity index (χ2n) is 4.01. The summed E-state index contributed by atoms with van der Waals surface area (Å²) in [6.45, 7) is 1.91.